The van der Waals surface area contributed by atoms with Crippen LogP contribution in [0.3, 0.4) is 0 Å². The molecule has 2 aromatic carbocycles. The monoisotopic (exact) mass is 341 g/mol. The number of amides is 2. The van der Waals surface area contributed by atoms with Gasteiger partial charge in [-0.25, -0.2) is 0 Å². The van der Waals surface area contributed by atoms with E-state index in [9.17, 15) is 9.59 Å². The van der Waals surface area contributed by atoms with Crippen LogP contribution in [0.1, 0.15) is 22.3 Å². The van der Waals surface area contributed by atoms with E-state index < -0.39 is 0 Å². The molecule has 0 aromatic heterocycles. The zero-order valence-corrected chi connectivity index (χ0v) is 13.6. The molecule has 2 heterocycles. The number of anilines is 2. The normalized spacial score (nSPS) is 19.4. The summed E-state index contributed by atoms with van der Waals surface area (Å²) in [6.45, 7) is 1.16. The fourth-order valence-corrected chi connectivity index (χ4v) is 3.49. The first kappa shape index (κ1) is 15.0. The molecule has 0 saturated carbocycles. The van der Waals surface area contributed by atoms with Crippen molar-refractivity contribution in [2.24, 2.45) is 0 Å². The summed E-state index contributed by atoms with van der Waals surface area (Å²) in [7, 11) is 0. The number of hydrogen-bond donors (Lipinski definition) is 2. The second kappa shape index (κ2) is 5.83. The number of hydrogen-bond acceptors (Lipinski definition) is 3. The molecule has 24 heavy (non-hydrogen) atoms. The van der Waals surface area contributed by atoms with Gasteiger partial charge in [-0.2, -0.15) is 0 Å². The Bertz CT molecular complexity index is 837. The van der Waals surface area contributed by atoms with Gasteiger partial charge >= 0.3 is 0 Å². The Morgan fingerprint density at radius 2 is 2.00 bits per heavy atom. The highest BCUT2D eigenvalue weighted by molar-refractivity contribution is 6.31. The van der Waals surface area contributed by atoms with Crippen LogP contribution in [0.25, 0.3) is 0 Å². The molecule has 0 aliphatic carbocycles. The van der Waals surface area contributed by atoms with Gasteiger partial charge in [-0.15, -0.1) is 0 Å². The maximum absolute atomic E-state index is 12.7. The molecular weight excluding hydrogens is 326 g/mol. The minimum absolute atomic E-state index is 0.00623. The van der Waals surface area contributed by atoms with Crippen molar-refractivity contribution < 1.29 is 9.59 Å². The number of nitrogens with zero attached hydrogens (tertiary/aromatic N) is 1. The average molecular weight is 342 g/mol. The van der Waals surface area contributed by atoms with E-state index >= 15 is 0 Å². The van der Waals surface area contributed by atoms with Crippen LogP contribution in [0.4, 0.5) is 11.4 Å². The Kier molecular flexibility index (Phi) is 3.65. The second-order valence-corrected chi connectivity index (χ2v) is 6.41. The Morgan fingerprint density at radius 1 is 1.17 bits per heavy atom. The Morgan fingerprint density at radius 3 is 2.83 bits per heavy atom. The van der Waals surface area contributed by atoms with E-state index in [2.05, 4.69) is 10.6 Å². The number of rotatable bonds is 3. The van der Waals surface area contributed by atoms with Crippen LogP contribution >= 0.6 is 11.6 Å². The zero-order chi connectivity index (χ0) is 16.7. The van der Waals surface area contributed by atoms with Gasteiger partial charge < -0.3 is 15.5 Å². The van der Waals surface area contributed by atoms with Gasteiger partial charge in [0.05, 0.1) is 5.56 Å². The lowest BCUT2D eigenvalue weighted by atomic mass is 10.1. The van der Waals surface area contributed by atoms with Crippen LogP contribution in [-0.2, 0) is 11.3 Å². The summed E-state index contributed by atoms with van der Waals surface area (Å²) in [4.78, 5) is 26.5. The minimum atomic E-state index is -0.344. The molecule has 2 aliphatic rings. The van der Waals surface area contributed by atoms with Crippen LogP contribution in [-0.4, -0.2) is 24.4 Å². The van der Waals surface area contributed by atoms with E-state index in [0.29, 0.717) is 35.8 Å². The highest BCUT2D eigenvalue weighted by Gasteiger charge is 2.34. The largest absolute Gasteiger partial charge is 0.373 e. The average Bonchev–Trinajstić information content (AvgIpc) is 3.12. The van der Waals surface area contributed by atoms with Crippen molar-refractivity contribution in [3.63, 3.8) is 0 Å². The van der Waals surface area contributed by atoms with Crippen molar-refractivity contribution in [2.45, 2.75) is 19.0 Å². The lowest BCUT2D eigenvalue weighted by molar-refractivity contribution is -0.117. The van der Waals surface area contributed by atoms with Gasteiger partial charge in [-0.05, 0) is 36.2 Å². The van der Waals surface area contributed by atoms with Crippen molar-refractivity contribution >= 4 is 34.8 Å². The van der Waals surface area contributed by atoms with Gasteiger partial charge in [0, 0.05) is 29.5 Å². The lowest BCUT2D eigenvalue weighted by Gasteiger charge is -2.18. The Balaban J connectivity index is 1.56. The maximum atomic E-state index is 12.7. The third kappa shape index (κ3) is 2.51. The molecule has 2 aromatic rings. The molecule has 0 bridgehead atoms. The lowest BCUT2D eigenvalue weighted by Crippen LogP contribution is -2.33. The number of benzene rings is 2. The number of halogens is 1. The third-order valence-corrected chi connectivity index (χ3v) is 4.71. The van der Waals surface area contributed by atoms with Gasteiger partial charge in [0.25, 0.3) is 5.91 Å². The summed E-state index contributed by atoms with van der Waals surface area (Å²) in [5.74, 6) is -0.0986. The molecule has 122 valence electrons. The van der Waals surface area contributed by atoms with Gasteiger partial charge in [0.1, 0.15) is 6.04 Å². The predicted octanol–water partition coefficient (Wildman–Crippen LogP) is 2.80. The fraction of sp³-hybridized carbons (Fsp3) is 0.222. The van der Waals surface area contributed by atoms with E-state index in [0.717, 1.165) is 11.3 Å². The molecule has 1 atom stereocenters. The smallest absolute Gasteiger partial charge is 0.253 e. The van der Waals surface area contributed by atoms with E-state index in [1.54, 1.807) is 17.0 Å². The summed E-state index contributed by atoms with van der Waals surface area (Å²) < 4.78 is 0. The summed E-state index contributed by atoms with van der Waals surface area (Å²) in [5, 5.41) is 6.67. The highest BCUT2D eigenvalue weighted by atomic mass is 35.5. The zero-order valence-electron chi connectivity index (χ0n) is 12.9. The topological polar surface area (TPSA) is 61.4 Å². The fourth-order valence-electron chi connectivity index (χ4n) is 3.30. The molecule has 1 saturated heterocycles. The molecule has 1 fully saturated rings. The number of carbonyl (C=O) groups is 2. The highest BCUT2D eigenvalue weighted by Crippen LogP contribution is 2.29. The van der Waals surface area contributed by atoms with Crippen LogP contribution in [0.15, 0.2) is 42.5 Å². The summed E-state index contributed by atoms with van der Waals surface area (Å²) in [6, 6.07) is 12.6. The Labute approximate surface area is 144 Å². The van der Waals surface area contributed by atoms with Crippen LogP contribution < -0.4 is 15.5 Å². The molecule has 2 N–H and O–H groups in total. The van der Waals surface area contributed by atoms with Gasteiger partial charge in [-0.1, -0.05) is 29.8 Å². The SMILES string of the molecule is O=C1NCc2cccc(NC3CCN(c4cccc(Cl)c4)C3=O)c21. The first-order chi connectivity index (χ1) is 11.6. The van der Waals surface area contributed by atoms with Crippen molar-refractivity contribution in [3.05, 3.63) is 58.6 Å². The molecule has 1 unspecified atom stereocenters. The molecule has 4 rings (SSSR count). The van der Waals surface area contributed by atoms with E-state index in [1.165, 1.54) is 0 Å². The van der Waals surface area contributed by atoms with Crippen LogP contribution in [0.2, 0.25) is 5.02 Å². The first-order valence-electron chi connectivity index (χ1n) is 7.87. The summed E-state index contributed by atoms with van der Waals surface area (Å²) in [5.41, 5.74) is 3.12. The molecule has 2 aliphatic heterocycles. The molecule has 5 nitrogen and oxygen atoms in total. The first-order valence-corrected chi connectivity index (χ1v) is 8.25. The van der Waals surface area contributed by atoms with Crippen molar-refractivity contribution in [3.8, 4) is 0 Å². The van der Waals surface area contributed by atoms with Crippen LogP contribution in [0.5, 0.6) is 0 Å². The Hall–Kier alpha value is -2.53. The van der Waals surface area contributed by atoms with Gasteiger partial charge in [0.2, 0.25) is 5.91 Å². The van der Waals surface area contributed by atoms with E-state index in [4.69, 9.17) is 11.6 Å². The summed E-state index contributed by atoms with van der Waals surface area (Å²) >= 11 is 6.02. The molecule has 2 amide bonds. The maximum Gasteiger partial charge on any atom is 0.253 e. The van der Waals surface area contributed by atoms with Crippen LogP contribution in [0, 0.1) is 0 Å². The molecule has 6 heteroatoms. The van der Waals surface area contributed by atoms with Gasteiger partial charge in [0.15, 0.2) is 0 Å². The standard InChI is InChI=1S/C18H16ClN3O2/c19-12-4-2-5-13(9-12)22-8-7-15(18(22)24)21-14-6-1-3-11-10-20-17(23)16(11)14/h1-6,9,15,21H,7-8,10H2,(H,20,23). The molecule has 0 radical (unpaired) electrons. The minimum Gasteiger partial charge on any atom is -0.373 e. The van der Waals surface area contributed by atoms with E-state index in [-0.39, 0.29) is 17.9 Å². The number of fused-ring (bicyclic) bond motifs is 1. The van der Waals surface area contributed by atoms with Gasteiger partial charge in [-0.3, -0.25) is 9.59 Å². The molecule has 0 spiro atoms. The quantitative estimate of drug-likeness (QED) is 0.902. The third-order valence-electron chi connectivity index (χ3n) is 4.47. The van der Waals surface area contributed by atoms with E-state index in [1.807, 2.05) is 30.3 Å². The van der Waals surface area contributed by atoms with Crippen molar-refractivity contribution in [1.82, 2.24) is 5.32 Å². The summed E-state index contributed by atoms with van der Waals surface area (Å²) in [6.07, 6.45) is 0.677. The number of nitrogens with one attached hydrogen (secondary N) is 2. The predicted molar refractivity (Wildman–Crippen MR) is 93.4 cm³/mol. The number of carbonyl (C=O) groups excluding carboxylic acids is 2. The second-order valence-electron chi connectivity index (χ2n) is 5.98. The van der Waals surface area contributed by atoms with Crippen molar-refractivity contribution in [1.29, 1.82) is 0 Å². The molecular formula is C18H16ClN3O2. The van der Waals surface area contributed by atoms with Crippen molar-refractivity contribution in [2.75, 3.05) is 16.8 Å².